The fraction of sp³-hybridized carbons (Fsp3) is 0.0800. The van der Waals surface area contributed by atoms with Crippen molar-refractivity contribution in [1.29, 1.82) is 0 Å². The molecule has 0 radical (unpaired) electrons. The summed E-state index contributed by atoms with van der Waals surface area (Å²) < 4.78 is 4.90. The minimum atomic E-state index is -0.973. The maximum atomic E-state index is 13.3. The van der Waals surface area contributed by atoms with Crippen LogP contribution >= 0.6 is 0 Å². The van der Waals surface area contributed by atoms with E-state index in [0.717, 1.165) is 5.56 Å². The van der Waals surface area contributed by atoms with Gasteiger partial charge >= 0.3 is 5.97 Å². The molecule has 0 aliphatic rings. The van der Waals surface area contributed by atoms with Crippen LogP contribution in [0.25, 0.3) is 22.2 Å². The van der Waals surface area contributed by atoms with E-state index in [4.69, 9.17) is 4.74 Å². The number of carbonyl (C=O) groups is 2. The Labute approximate surface area is 179 Å². The number of ether oxygens (including phenoxy) is 1. The van der Waals surface area contributed by atoms with Gasteiger partial charge in [-0.1, -0.05) is 60.7 Å². The van der Waals surface area contributed by atoms with Crippen molar-refractivity contribution in [2.75, 3.05) is 7.11 Å². The third-order valence-electron chi connectivity index (χ3n) is 4.95. The minimum Gasteiger partial charge on any atom is -0.508 e. The number of benzene rings is 3. The highest BCUT2D eigenvalue weighted by molar-refractivity contribution is 6.08. The summed E-state index contributed by atoms with van der Waals surface area (Å²) in [6, 6.07) is 23.7. The van der Waals surface area contributed by atoms with Gasteiger partial charge < -0.3 is 15.2 Å². The number of esters is 1. The molecule has 3 aromatic carbocycles. The van der Waals surface area contributed by atoms with Crippen LogP contribution in [0.2, 0.25) is 0 Å². The average Bonchev–Trinajstić information content (AvgIpc) is 2.82. The topological polar surface area (TPSA) is 88.5 Å². The molecule has 0 aliphatic carbocycles. The van der Waals surface area contributed by atoms with E-state index in [1.807, 2.05) is 36.4 Å². The summed E-state index contributed by atoms with van der Waals surface area (Å²) in [6.07, 6.45) is 0. The number of nitrogens with zero attached hydrogens (tertiary/aromatic N) is 1. The number of aromatic nitrogens is 1. The molecule has 1 aromatic heterocycles. The summed E-state index contributed by atoms with van der Waals surface area (Å²) in [7, 11) is 1.28. The number of hydrogen-bond donors (Lipinski definition) is 2. The normalized spacial score (nSPS) is 11.6. The highest BCUT2D eigenvalue weighted by atomic mass is 16.5. The van der Waals surface area contributed by atoms with Crippen molar-refractivity contribution in [2.45, 2.75) is 6.04 Å². The van der Waals surface area contributed by atoms with Gasteiger partial charge in [-0.3, -0.25) is 4.79 Å². The van der Waals surface area contributed by atoms with E-state index in [-0.39, 0.29) is 5.75 Å². The summed E-state index contributed by atoms with van der Waals surface area (Å²) >= 11 is 0. The molecule has 2 N–H and O–H groups in total. The van der Waals surface area contributed by atoms with Gasteiger partial charge in [0, 0.05) is 10.9 Å². The number of phenols is 1. The number of fused-ring (bicyclic) bond motifs is 1. The number of carbonyl (C=O) groups excluding carboxylic acids is 2. The molecule has 0 spiro atoms. The van der Waals surface area contributed by atoms with E-state index >= 15 is 0 Å². The predicted molar refractivity (Wildman–Crippen MR) is 118 cm³/mol. The van der Waals surface area contributed by atoms with E-state index in [9.17, 15) is 14.7 Å². The van der Waals surface area contributed by atoms with Crippen LogP contribution in [0.15, 0.2) is 84.9 Å². The van der Waals surface area contributed by atoms with Gasteiger partial charge in [0.15, 0.2) is 6.04 Å². The van der Waals surface area contributed by atoms with E-state index in [1.54, 1.807) is 36.4 Å². The lowest BCUT2D eigenvalue weighted by Gasteiger charge is -2.18. The van der Waals surface area contributed by atoms with Crippen molar-refractivity contribution in [2.24, 2.45) is 0 Å². The lowest BCUT2D eigenvalue weighted by molar-refractivity contribution is -0.143. The summed E-state index contributed by atoms with van der Waals surface area (Å²) in [5.41, 5.74) is 2.91. The summed E-state index contributed by atoms with van der Waals surface area (Å²) in [5.74, 6) is -1.04. The molecule has 0 bridgehead atoms. The minimum absolute atomic E-state index is 0.0170. The molecule has 0 aliphatic heterocycles. The van der Waals surface area contributed by atoms with Crippen LogP contribution in [0.4, 0.5) is 0 Å². The Morgan fingerprint density at radius 3 is 2.29 bits per heavy atom. The van der Waals surface area contributed by atoms with E-state index in [1.165, 1.54) is 19.2 Å². The second-order valence-corrected chi connectivity index (χ2v) is 6.96. The zero-order valence-electron chi connectivity index (χ0n) is 16.8. The molecular formula is C25H20N2O4. The van der Waals surface area contributed by atoms with Crippen molar-refractivity contribution in [3.05, 3.63) is 96.1 Å². The molecule has 31 heavy (non-hydrogen) atoms. The van der Waals surface area contributed by atoms with Gasteiger partial charge in [-0.2, -0.15) is 0 Å². The van der Waals surface area contributed by atoms with E-state index < -0.39 is 17.9 Å². The van der Waals surface area contributed by atoms with E-state index in [2.05, 4.69) is 10.3 Å². The molecule has 0 fully saturated rings. The SMILES string of the molecule is COC(=O)C(NC(=O)c1cc(-c2ccccc2)nc2ccc(O)cc12)c1ccccc1. The van der Waals surface area contributed by atoms with E-state index in [0.29, 0.717) is 27.7 Å². The molecule has 1 heterocycles. The van der Waals surface area contributed by atoms with Crippen LogP contribution in [-0.2, 0) is 9.53 Å². The predicted octanol–water partition coefficient (Wildman–Crippen LogP) is 4.25. The fourth-order valence-corrected chi connectivity index (χ4v) is 3.41. The Kier molecular flexibility index (Phi) is 5.62. The molecule has 0 saturated heterocycles. The number of aromatic hydroxyl groups is 1. The largest absolute Gasteiger partial charge is 0.508 e. The second kappa shape index (κ2) is 8.67. The Morgan fingerprint density at radius 1 is 0.935 bits per heavy atom. The Hall–Kier alpha value is -4.19. The molecule has 4 aromatic rings. The third-order valence-corrected chi connectivity index (χ3v) is 4.95. The molecule has 6 heteroatoms. The first-order valence-corrected chi connectivity index (χ1v) is 9.69. The molecule has 154 valence electrons. The number of pyridine rings is 1. The van der Waals surface area contributed by atoms with Crippen molar-refractivity contribution < 1.29 is 19.4 Å². The highest BCUT2D eigenvalue weighted by Crippen LogP contribution is 2.28. The maximum absolute atomic E-state index is 13.3. The molecule has 6 nitrogen and oxygen atoms in total. The molecule has 1 unspecified atom stereocenters. The van der Waals surface area contributed by atoms with Gasteiger partial charge in [-0.05, 0) is 29.8 Å². The number of nitrogens with one attached hydrogen (secondary N) is 1. The Balaban J connectivity index is 1.80. The number of amides is 1. The van der Waals surface area contributed by atoms with Gasteiger partial charge in [-0.15, -0.1) is 0 Å². The molecule has 1 atom stereocenters. The summed E-state index contributed by atoms with van der Waals surface area (Å²) in [5, 5.41) is 13.2. The Morgan fingerprint density at radius 2 is 1.61 bits per heavy atom. The van der Waals surface area contributed by atoms with Gasteiger partial charge in [-0.25, -0.2) is 9.78 Å². The first kappa shape index (κ1) is 20.1. The smallest absolute Gasteiger partial charge is 0.333 e. The van der Waals surface area contributed by atoms with Crippen LogP contribution in [0.1, 0.15) is 22.0 Å². The number of phenolic OH excluding ortho intramolecular Hbond substituents is 1. The van der Waals surface area contributed by atoms with Crippen LogP contribution < -0.4 is 5.32 Å². The molecule has 4 rings (SSSR count). The van der Waals surface area contributed by atoms with Crippen molar-refractivity contribution in [1.82, 2.24) is 10.3 Å². The van der Waals surface area contributed by atoms with Gasteiger partial charge in [0.2, 0.25) is 0 Å². The average molecular weight is 412 g/mol. The first-order valence-electron chi connectivity index (χ1n) is 9.69. The zero-order valence-corrected chi connectivity index (χ0v) is 16.8. The van der Waals surface area contributed by atoms with Crippen LogP contribution in [0.3, 0.4) is 0 Å². The number of methoxy groups -OCH3 is 1. The Bertz CT molecular complexity index is 1240. The molecule has 0 saturated carbocycles. The zero-order chi connectivity index (χ0) is 21.8. The fourth-order valence-electron chi connectivity index (χ4n) is 3.41. The molecule has 1 amide bonds. The first-order chi connectivity index (χ1) is 15.1. The summed E-state index contributed by atoms with van der Waals surface area (Å²) in [4.78, 5) is 30.4. The quantitative estimate of drug-likeness (QED) is 0.479. The van der Waals surface area contributed by atoms with Gasteiger partial charge in [0.1, 0.15) is 5.75 Å². The monoisotopic (exact) mass is 412 g/mol. The van der Waals surface area contributed by atoms with Gasteiger partial charge in [0.05, 0.1) is 23.9 Å². The standard InChI is InChI=1S/C25H20N2O4/c1-31-25(30)23(17-10-6-3-7-11-17)27-24(29)20-15-22(16-8-4-2-5-9-16)26-21-13-12-18(28)14-19(20)21/h2-15,23,28H,1H3,(H,27,29). The lowest BCUT2D eigenvalue weighted by atomic mass is 10.0. The van der Waals surface area contributed by atoms with Gasteiger partial charge in [0.25, 0.3) is 5.91 Å². The van der Waals surface area contributed by atoms with Crippen molar-refractivity contribution in [3.63, 3.8) is 0 Å². The van der Waals surface area contributed by atoms with Crippen LogP contribution in [0, 0.1) is 0 Å². The molecular weight excluding hydrogens is 392 g/mol. The van der Waals surface area contributed by atoms with Crippen molar-refractivity contribution >= 4 is 22.8 Å². The van der Waals surface area contributed by atoms with Crippen LogP contribution in [-0.4, -0.2) is 29.1 Å². The number of rotatable bonds is 5. The summed E-state index contributed by atoms with van der Waals surface area (Å²) in [6.45, 7) is 0. The number of hydrogen-bond acceptors (Lipinski definition) is 5. The van der Waals surface area contributed by atoms with Crippen molar-refractivity contribution in [3.8, 4) is 17.0 Å². The lowest BCUT2D eigenvalue weighted by Crippen LogP contribution is -2.34. The van der Waals surface area contributed by atoms with Crippen LogP contribution in [0.5, 0.6) is 5.75 Å². The second-order valence-electron chi connectivity index (χ2n) is 6.96. The maximum Gasteiger partial charge on any atom is 0.333 e. The highest BCUT2D eigenvalue weighted by Gasteiger charge is 2.25. The third kappa shape index (κ3) is 4.23.